The van der Waals surface area contributed by atoms with Crippen LogP contribution < -0.4 is 5.32 Å². The fourth-order valence-electron chi connectivity index (χ4n) is 1.22. The molecule has 0 aliphatic heterocycles. The van der Waals surface area contributed by atoms with E-state index in [4.69, 9.17) is 0 Å². The third-order valence-corrected chi connectivity index (χ3v) is 4.70. The molecule has 0 aliphatic carbocycles. The second-order valence-corrected chi connectivity index (χ2v) is 7.71. The molecule has 0 spiro atoms. The smallest absolute Gasteiger partial charge is 0.150 e. The molecule has 0 aromatic carbocycles. The van der Waals surface area contributed by atoms with Crippen LogP contribution in [-0.2, 0) is 0 Å². The lowest BCUT2D eigenvalue weighted by Crippen LogP contribution is -2.41. The molecular formula is C12H22N2S2. The van der Waals surface area contributed by atoms with Gasteiger partial charge in [-0.2, -0.15) is 0 Å². The lowest BCUT2D eigenvalue weighted by atomic mass is 10.1. The van der Waals surface area contributed by atoms with Crippen molar-refractivity contribution in [1.29, 1.82) is 0 Å². The van der Waals surface area contributed by atoms with Crippen molar-refractivity contribution < 1.29 is 0 Å². The molecule has 16 heavy (non-hydrogen) atoms. The normalized spacial score (nSPS) is 14.4. The lowest BCUT2D eigenvalue weighted by molar-refractivity contribution is 0.408. The van der Waals surface area contributed by atoms with Gasteiger partial charge in [-0.05, 0) is 26.7 Å². The van der Waals surface area contributed by atoms with Crippen LogP contribution in [0.5, 0.6) is 0 Å². The van der Waals surface area contributed by atoms with Gasteiger partial charge in [0.2, 0.25) is 0 Å². The Bertz CT molecular complexity index is 288. The Morgan fingerprint density at radius 1 is 1.44 bits per heavy atom. The van der Waals surface area contributed by atoms with E-state index in [1.54, 1.807) is 11.3 Å². The van der Waals surface area contributed by atoms with Crippen LogP contribution >= 0.6 is 23.1 Å². The Kier molecular flexibility index (Phi) is 5.28. The van der Waals surface area contributed by atoms with Gasteiger partial charge in [-0.25, -0.2) is 4.98 Å². The van der Waals surface area contributed by atoms with Gasteiger partial charge in [0, 0.05) is 28.9 Å². The molecule has 0 amide bonds. The molecule has 4 heteroatoms. The number of rotatable bonds is 5. The highest BCUT2D eigenvalue weighted by Crippen LogP contribution is 2.29. The summed E-state index contributed by atoms with van der Waals surface area (Å²) in [6.45, 7) is 12.2. The molecule has 1 aromatic rings. The maximum Gasteiger partial charge on any atom is 0.150 e. The number of aromatic nitrogens is 1. The van der Waals surface area contributed by atoms with E-state index in [9.17, 15) is 0 Å². The number of hydrogen-bond donors (Lipinski definition) is 1. The monoisotopic (exact) mass is 258 g/mol. The van der Waals surface area contributed by atoms with Gasteiger partial charge >= 0.3 is 0 Å². The van der Waals surface area contributed by atoms with Crippen molar-refractivity contribution in [2.75, 3.05) is 6.54 Å². The van der Waals surface area contributed by atoms with Gasteiger partial charge in [0.15, 0.2) is 0 Å². The van der Waals surface area contributed by atoms with Crippen molar-refractivity contribution in [2.24, 2.45) is 5.92 Å². The average Bonchev–Trinajstić information content (AvgIpc) is 2.62. The minimum atomic E-state index is 0.191. The molecule has 1 atom stereocenters. The molecule has 0 saturated carbocycles. The largest absolute Gasteiger partial charge is 0.311 e. The van der Waals surface area contributed by atoms with Gasteiger partial charge in [-0.15, -0.1) is 11.3 Å². The Labute approximate surface area is 107 Å². The minimum absolute atomic E-state index is 0.191. The van der Waals surface area contributed by atoms with E-state index in [0.29, 0.717) is 11.2 Å². The maximum atomic E-state index is 4.34. The van der Waals surface area contributed by atoms with Crippen LogP contribution in [0.3, 0.4) is 0 Å². The van der Waals surface area contributed by atoms with E-state index in [1.165, 1.54) is 4.34 Å². The Morgan fingerprint density at radius 2 is 2.12 bits per heavy atom. The van der Waals surface area contributed by atoms with E-state index < -0.39 is 0 Å². The van der Waals surface area contributed by atoms with Crippen molar-refractivity contribution in [3.8, 4) is 0 Å². The number of thiazole rings is 1. The van der Waals surface area contributed by atoms with Crippen molar-refractivity contribution in [3.63, 3.8) is 0 Å². The molecule has 1 rings (SSSR count). The SMILES string of the molecule is CC(C)C(CNC(C)(C)C)Sc1nccs1. The fraction of sp³-hybridized carbons (Fsp3) is 0.750. The van der Waals surface area contributed by atoms with Gasteiger partial charge in [-0.3, -0.25) is 0 Å². The molecule has 0 fully saturated rings. The highest BCUT2D eigenvalue weighted by atomic mass is 32.2. The topological polar surface area (TPSA) is 24.9 Å². The van der Waals surface area contributed by atoms with Crippen molar-refractivity contribution in [3.05, 3.63) is 11.6 Å². The number of thioether (sulfide) groups is 1. The van der Waals surface area contributed by atoms with Crippen LogP contribution in [0.4, 0.5) is 0 Å². The maximum absolute atomic E-state index is 4.34. The summed E-state index contributed by atoms with van der Waals surface area (Å²) < 4.78 is 1.18. The molecule has 1 heterocycles. The molecule has 1 aromatic heterocycles. The molecule has 92 valence electrons. The van der Waals surface area contributed by atoms with Crippen molar-refractivity contribution >= 4 is 23.1 Å². The van der Waals surface area contributed by atoms with Gasteiger partial charge in [0.1, 0.15) is 4.34 Å². The molecule has 0 saturated heterocycles. The van der Waals surface area contributed by atoms with E-state index in [2.05, 4.69) is 44.9 Å². The Hall–Kier alpha value is -0.0600. The fourth-order valence-corrected chi connectivity index (χ4v) is 3.16. The molecule has 2 nitrogen and oxygen atoms in total. The van der Waals surface area contributed by atoms with E-state index >= 15 is 0 Å². The average molecular weight is 258 g/mol. The van der Waals surface area contributed by atoms with Crippen LogP contribution in [0.2, 0.25) is 0 Å². The van der Waals surface area contributed by atoms with E-state index in [0.717, 1.165) is 6.54 Å². The zero-order valence-electron chi connectivity index (χ0n) is 10.8. The predicted molar refractivity (Wildman–Crippen MR) is 74.4 cm³/mol. The summed E-state index contributed by atoms with van der Waals surface area (Å²) in [5, 5.41) is 6.20. The summed E-state index contributed by atoms with van der Waals surface area (Å²) in [6, 6.07) is 0. The van der Waals surface area contributed by atoms with Crippen LogP contribution in [0, 0.1) is 5.92 Å². The number of nitrogens with zero attached hydrogens (tertiary/aromatic N) is 1. The zero-order valence-corrected chi connectivity index (χ0v) is 12.4. The van der Waals surface area contributed by atoms with Crippen LogP contribution in [0.1, 0.15) is 34.6 Å². The molecule has 0 bridgehead atoms. The van der Waals surface area contributed by atoms with Gasteiger partial charge < -0.3 is 5.32 Å². The highest BCUT2D eigenvalue weighted by molar-refractivity contribution is 8.01. The second-order valence-electron chi connectivity index (χ2n) is 5.33. The second kappa shape index (κ2) is 6.03. The number of nitrogens with one attached hydrogen (secondary N) is 1. The third-order valence-electron chi connectivity index (χ3n) is 2.24. The summed E-state index contributed by atoms with van der Waals surface area (Å²) in [5.41, 5.74) is 0.191. The first-order valence-corrected chi connectivity index (χ1v) is 7.45. The Balaban J connectivity index is 2.48. The Morgan fingerprint density at radius 3 is 2.56 bits per heavy atom. The molecule has 1 N–H and O–H groups in total. The van der Waals surface area contributed by atoms with Gasteiger partial charge in [0.25, 0.3) is 0 Å². The van der Waals surface area contributed by atoms with Crippen LogP contribution in [-0.4, -0.2) is 22.3 Å². The van der Waals surface area contributed by atoms with E-state index in [1.807, 2.05) is 23.3 Å². The molecule has 1 unspecified atom stereocenters. The lowest BCUT2D eigenvalue weighted by Gasteiger charge is -2.26. The third kappa shape index (κ3) is 5.32. The van der Waals surface area contributed by atoms with Crippen molar-refractivity contribution in [2.45, 2.75) is 49.7 Å². The van der Waals surface area contributed by atoms with Gasteiger partial charge in [-0.1, -0.05) is 25.6 Å². The van der Waals surface area contributed by atoms with Crippen LogP contribution in [0.25, 0.3) is 0 Å². The first kappa shape index (κ1) is 14.0. The first-order chi connectivity index (χ1) is 7.38. The molecule has 0 aliphatic rings. The van der Waals surface area contributed by atoms with E-state index in [-0.39, 0.29) is 5.54 Å². The summed E-state index contributed by atoms with van der Waals surface area (Å²) in [5.74, 6) is 0.656. The number of hydrogen-bond acceptors (Lipinski definition) is 4. The summed E-state index contributed by atoms with van der Waals surface area (Å²) in [4.78, 5) is 4.34. The standard InChI is InChI=1S/C12H22N2S2/c1-9(2)10(8-14-12(3,4)5)16-11-13-6-7-15-11/h6-7,9-10,14H,8H2,1-5H3. The minimum Gasteiger partial charge on any atom is -0.311 e. The van der Waals surface area contributed by atoms with Gasteiger partial charge in [0.05, 0.1) is 0 Å². The van der Waals surface area contributed by atoms with Crippen LogP contribution in [0.15, 0.2) is 15.9 Å². The molecular weight excluding hydrogens is 236 g/mol. The van der Waals surface area contributed by atoms with Crippen molar-refractivity contribution in [1.82, 2.24) is 10.3 Å². The first-order valence-electron chi connectivity index (χ1n) is 5.69. The summed E-state index contributed by atoms with van der Waals surface area (Å²) in [6.07, 6.45) is 1.88. The zero-order chi connectivity index (χ0) is 12.2. The summed E-state index contributed by atoms with van der Waals surface area (Å²) >= 11 is 3.62. The predicted octanol–water partition coefficient (Wildman–Crippen LogP) is 3.65. The molecule has 0 radical (unpaired) electrons. The quantitative estimate of drug-likeness (QED) is 0.816. The highest BCUT2D eigenvalue weighted by Gasteiger charge is 2.19. The summed E-state index contributed by atoms with van der Waals surface area (Å²) in [7, 11) is 0.